The molecule has 0 aliphatic heterocycles. The van der Waals surface area contributed by atoms with Gasteiger partial charge in [-0.25, -0.2) is 9.97 Å². The Balaban J connectivity index is 0.814. The molecule has 0 N–H and O–H groups in total. The number of para-hydroxylation sites is 4. The van der Waals surface area contributed by atoms with Crippen LogP contribution < -0.4 is 0 Å². The van der Waals surface area contributed by atoms with Crippen LogP contribution in [0.1, 0.15) is 11.1 Å². The van der Waals surface area contributed by atoms with Gasteiger partial charge in [-0.3, -0.25) is 0 Å². The average Bonchev–Trinajstić information content (AvgIpc) is 4.39. The minimum atomic E-state index is 0.418. The molecular formula is C72H43N7. The van der Waals surface area contributed by atoms with E-state index < -0.39 is 0 Å². The monoisotopic (exact) mass is 1010 g/mol. The van der Waals surface area contributed by atoms with Gasteiger partial charge in [0.15, 0.2) is 5.82 Å². The van der Waals surface area contributed by atoms with Gasteiger partial charge >= 0.3 is 0 Å². The molecule has 0 saturated carbocycles. The first-order valence-electron chi connectivity index (χ1n) is 26.3. The van der Waals surface area contributed by atoms with Crippen LogP contribution in [0.4, 0.5) is 0 Å². The highest BCUT2D eigenvalue weighted by atomic mass is 15.0. The van der Waals surface area contributed by atoms with Crippen LogP contribution in [0.25, 0.3) is 139 Å². The lowest BCUT2D eigenvalue weighted by Crippen LogP contribution is -1.98. The van der Waals surface area contributed by atoms with Crippen molar-refractivity contribution >= 4 is 65.4 Å². The maximum absolute atomic E-state index is 10.6. The predicted molar refractivity (Wildman–Crippen MR) is 322 cm³/mol. The molecule has 366 valence electrons. The van der Waals surface area contributed by atoms with Crippen molar-refractivity contribution in [2.75, 3.05) is 0 Å². The molecule has 0 amide bonds. The molecule has 0 fully saturated rings. The topological polar surface area (TPSA) is 88.2 Å². The molecule has 0 aliphatic rings. The van der Waals surface area contributed by atoms with E-state index in [0.29, 0.717) is 33.8 Å². The van der Waals surface area contributed by atoms with Gasteiger partial charge in [0.1, 0.15) is 0 Å². The maximum atomic E-state index is 10.6. The molecular weight excluding hydrogens is 963 g/mol. The Morgan fingerprint density at radius 2 is 0.633 bits per heavy atom. The van der Waals surface area contributed by atoms with Crippen LogP contribution in [0.15, 0.2) is 261 Å². The number of hydrogen-bond acceptors (Lipinski definition) is 4. The van der Waals surface area contributed by atoms with E-state index in [2.05, 4.69) is 196 Å². The molecule has 4 aromatic heterocycles. The van der Waals surface area contributed by atoms with Crippen molar-refractivity contribution in [1.82, 2.24) is 23.7 Å². The maximum Gasteiger partial charge on any atom is 0.160 e. The highest BCUT2D eigenvalue weighted by Crippen LogP contribution is 2.41. The number of nitriles is 2. The summed E-state index contributed by atoms with van der Waals surface area (Å²) in [7, 11) is 0. The summed E-state index contributed by atoms with van der Waals surface area (Å²) in [5.74, 6) is 0.539. The molecule has 4 heterocycles. The molecule has 0 bridgehead atoms. The quantitative estimate of drug-likeness (QED) is 0.152. The van der Waals surface area contributed by atoms with E-state index in [4.69, 9.17) is 9.97 Å². The van der Waals surface area contributed by atoms with Gasteiger partial charge in [0.05, 0.1) is 67.8 Å². The Morgan fingerprint density at radius 1 is 0.266 bits per heavy atom. The van der Waals surface area contributed by atoms with E-state index in [1.54, 1.807) is 6.07 Å². The summed E-state index contributed by atoms with van der Waals surface area (Å²) < 4.78 is 7.17. The van der Waals surface area contributed by atoms with Crippen molar-refractivity contribution in [3.05, 3.63) is 272 Å². The number of nitrogens with zero attached hydrogens (tertiary/aromatic N) is 7. The summed E-state index contributed by atoms with van der Waals surface area (Å²) >= 11 is 0. The molecule has 0 saturated heterocycles. The van der Waals surface area contributed by atoms with Crippen LogP contribution in [-0.2, 0) is 0 Å². The van der Waals surface area contributed by atoms with E-state index in [-0.39, 0.29) is 0 Å². The van der Waals surface area contributed by atoms with Gasteiger partial charge in [-0.05, 0) is 108 Å². The number of aromatic nitrogens is 5. The standard InChI is InChI=1S/C72H43N7/c73-44-51-40-61(65-43-64(49-15-3-1-4-16-49)75-72(76-65)50-17-5-2-6-18-50)52(45-74)39-60(51)48-29-27-46(28-30-48)47-31-33-53(34-32-47)77-70-37-35-54(78-66-23-11-7-19-56(66)57-20-8-12-24-67(57)78)41-62(70)63-42-55(36-38-71(63)77)79-68-25-13-9-21-58(68)59-22-10-14-26-69(59)79/h1-43H. The van der Waals surface area contributed by atoms with Crippen molar-refractivity contribution in [3.63, 3.8) is 0 Å². The van der Waals surface area contributed by atoms with Crippen LogP contribution >= 0.6 is 0 Å². The smallest absolute Gasteiger partial charge is 0.160 e. The number of rotatable bonds is 8. The highest BCUT2D eigenvalue weighted by molar-refractivity contribution is 6.14. The van der Waals surface area contributed by atoms with Crippen LogP contribution in [0.5, 0.6) is 0 Å². The average molecular weight is 1010 g/mol. The van der Waals surface area contributed by atoms with Gasteiger partial charge in [0, 0.05) is 71.6 Å². The number of benzene rings is 11. The third kappa shape index (κ3) is 7.41. The summed E-state index contributed by atoms with van der Waals surface area (Å²) in [4.78, 5) is 9.90. The van der Waals surface area contributed by atoms with Crippen molar-refractivity contribution in [2.24, 2.45) is 0 Å². The summed E-state index contributed by atoms with van der Waals surface area (Å²) in [6.45, 7) is 0. The zero-order valence-corrected chi connectivity index (χ0v) is 42.5. The van der Waals surface area contributed by atoms with E-state index in [0.717, 1.165) is 72.4 Å². The zero-order chi connectivity index (χ0) is 52.6. The fraction of sp³-hybridized carbons (Fsp3) is 0. The third-order valence-corrected chi connectivity index (χ3v) is 15.6. The lowest BCUT2D eigenvalue weighted by molar-refractivity contribution is 1.16. The molecule has 79 heavy (non-hydrogen) atoms. The molecule has 0 atom stereocenters. The molecule has 7 heteroatoms. The lowest BCUT2D eigenvalue weighted by Gasteiger charge is -2.13. The second-order valence-corrected chi connectivity index (χ2v) is 20.0. The molecule has 7 nitrogen and oxygen atoms in total. The number of fused-ring (bicyclic) bond motifs is 9. The SMILES string of the molecule is N#Cc1cc(-c2cc(-c3ccccc3)nc(-c3ccccc3)n2)c(C#N)cc1-c1ccc(-c2ccc(-n3c4ccc(-n5c6ccccc6c6ccccc65)cc4c4cc(-n5c6ccccc6c6ccccc65)ccc43)cc2)cc1. The first-order valence-corrected chi connectivity index (χ1v) is 26.3. The van der Waals surface area contributed by atoms with E-state index in [9.17, 15) is 10.5 Å². The van der Waals surface area contributed by atoms with Gasteiger partial charge in [-0.15, -0.1) is 0 Å². The van der Waals surface area contributed by atoms with Crippen LogP contribution in [0.2, 0.25) is 0 Å². The summed E-state index contributed by atoms with van der Waals surface area (Å²) in [5, 5.41) is 28.5. The molecule has 11 aromatic carbocycles. The van der Waals surface area contributed by atoms with Gasteiger partial charge in [0.2, 0.25) is 0 Å². The second-order valence-electron chi connectivity index (χ2n) is 20.0. The Bertz CT molecular complexity index is 4680. The molecule has 0 unspecified atom stereocenters. The molecule has 0 spiro atoms. The Kier molecular flexibility index (Phi) is 10.5. The summed E-state index contributed by atoms with van der Waals surface area (Å²) in [5.41, 5.74) is 18.3. The molecule has 15 rings (SSSR count). The zero-order valence-electron chi connectivity index (χ0n) is 42.5. The highest BCUT2D eigenvalue weighted by Gasteiger charge is 2.21. The van der Waals surface area contributed by atoms with Crippen LogP contribution in [0.3, 0.4) is 0 Å². The third-order valence-electron chi connectivity index (χ3n) is 15.6. The van der Waals surface area contributed by atoms with E-state index in [1.807, 2.05) is 84.9 Å². The van der Waals surface area contributed by atoms with Gasteiger partial charge in [-0.1, -0.05) is 170 Å². The second kappa shape index (κ2) is 18.3. The molecule has 0 aliphatic carbocycles. The van der Waals surface area contributed by atoms with Crippen LogP contribution in [0, 0.1) is 22.7 Å². The Morgan fingerprint density at radius 3 is 1.13 bits per heavy atom. The normalized spacial score (nSPS) is 11.5. The van der Waals surface area contributed by atoms with E-state index in [1.165, 1.54) is 43.6 Å². The van der Waals surface area contributed by atoms with Gasteiger partial charge in [-0.2, -0.15) is 10.5 Å². The lowest BCUT2D eigenvalue weighted by atomic mass is 9.92. The summed E-state index contributed by atoms with van der Waals surface area (Å²) in [6, 6.07) is 95.6. The van der Waals surface area contributed by atoms with Gasteiger partial charge < -0.3 is 13.7 Å². The predicted octanol–water partition coefficient (Wildman–Crippen LogP) is 17.8. The first kappa shape index (κ1) is 45.3. The minimum absolute atomic E-state index is 0.418. The largest absolute Gasteiger partial charge is 0.309 e. The van der Waals surface area contributed by atoms with Crippen molar-refractivity contribution in [3.8, 4) is 85.4 Å². The molecule has 15 aromatic rings. The fourth-order valence-corrected chi connectivity index (χ4v) is 11.9. The van der Waals surface area contributed by atoms with Gasteiger partial charge in [0.25, 0.3) is 0 Å². The minimum Gasteiger partial charge on any atom is -0.309 e. The fourth-order valence-electron chi connectivity index (χ4n) is 11.9. The Labute approximate surface area is 454 Å². The van der Waals surface area contributed by atoms with E-state index >= 15 is 0 Å². The van der Waals surface area contributed by atoms with Crippen LogP contribution in [-0.4, -0.2) is 23.7 Å². The molecule has 0 radical (unpaired) electrons. The van der Waals surface area contributed by atoms with Crippen molar-refractivity contribution in [2.45, 2.75) is 0 Å². The summed E-state index contributed by atoms with van der Waals surface area (Å²) in [6.07, 6.45) is 0. The van der Waals surface area contributed by atoms with Crippen molar-refractivity contribution in [1.29, 1.82) is 10.5 Å². The number of hydrogen-bond donors (Lipinski definition) is 0. The first-order chi connectivity index (χ1) is 39.1. The Hall–Kier alpha value is -11.1. The van der Waals surface area contributed by atoms with Crippen molar-refractivity contribution < 1.29 is 0 Å².